The van der Waals surface area contributed by atoms with Crippen LogP contribution in [0, 0.1) is 0 Å². The van der Waals surface area contributed by atoms with Crippen LogP contribution in [0.15, 0.2) is 47.5 Å². The zero-order valence-electron chi connectivity index (χ0n) is 13.7. The van der Waals surface area contributed by atoms with Gasteiger partial charge < -0.3 is 9.72 Å². The summed E-state index contributed by atoms with van der Waals surface area (Å²) in [5, 5.41) is 4.28. The van der Waals surface area contributed by atoms with Gasteiger partial charge in [0, 0.05) is 6.20 Å². The van der Waals surface area contributed by atoms with E-state index in [-0.39, 0.29) is 17.5 Å². The Kier molecular flexibility index (Phi) is 5.19. The van der Waals surface area contributed by atoms with Crippen molar-refractivity contribution in [3.8, 4) is 0 Å². The highest BCUT2D eigenvalue weighted by molar-refractivity contribution is 6.20. The zero-order chi connectivity index (χ0) is 17.8. The van der Waals surface area contributed by atoms with Crippen LogP contribution in [0.2, 0.25) is 0 Å². The lowest BCUT2D eigenvalue weighted by Crippen LogP contribution is -2.18. The summed E-state index contributed by atoms with van der Waals surface area (Å²) in [5.74, 6) is -0.628. The molecule has 7 heteroatoms. The van der Waals surface area contributed by atoms with Crippen molar-refractivity contribution in [1.29, 1.82) is 0 Å². The summed E-state index contributed by atoms with van der Waals surface area (Å²) < 4.78 is 6.66. The molecule has 0 bridgehead atoms. The highest BCUT2D eigenvalue weighted by atomic mass is 35.5. The molecule has 2 heterocycles. The molecule has 2 aromatic heterocycles. The van der Waals surface area contributed by atoms with Gasteiger partial charge in [-0.1, -0.05) is 37.3 Å². The molecule has 0 amide bonds. The summed E-state index contributed by atoms with van der Waals surface area (Å²) in [6.07, 6.45) is 3.51. The third kappa shape index (κ3) is 3.58. The fourth-order valence-electron chi connectivity index (χ4n) is 2.54. The second-order valence-corrected chi connectivity index (χ2v) is 6.16. The number of H-pyrrole nitrogens is 1. The van der Waals surface area contributed by atoms with E-state index in [2.05, 4.69) is 10.1 Å². The van der Waals surface area contributed by atoms with E-state index in [1.807, 2.05) is 37.3 Å². The predicted octanol–water partition coefficient (Wildman–Crippen LogP) is 3.27. The number of benzene rings is 1. The second kappa shape index (κ2) is 7.53. The zero-order valence-corrected chi connectivity index (χ0v) is 14.5. The van der Waals surface area contributed by atoms with Crippen LogP contribution < -0.4 is 5.43 Å². The summed E-state index contributed by atoms with van der Waals surface area (Å²) in [7, 11) is 0. The molecule has 130 valence electrons. The van der Waals surface area contributed by atoms with Gasteiger partial charge in [0.05, 0.1) is 30.1 Å². The predicted molar refractivity (Wildman–Crippen MR) is 96.0 cm³/mol. The molecule has 0 saturated heterocycles. The lowest BCUT2D eigenvalue weighted by atomic mass is 10.1. The van der Waals surface area contributed by atoms with E-state index in [0.29, 0.717) is 24.0 Å². The topological polar surface area (TPSA) is 77.0 Å². The molecule has 25 heavy (non-hydrogen) atoms. The molecule has 0 spiro atoms. The molecule has 0 fully saturated rings. The van der Waals surface area contributed by atoms with Crippen molar-refractivity contribution >= 4 is 28.6 Å². The largest absolute Gasteiger partial charge is 0.462 e. The lowest BCUT2D eigenvalue weighted by Gasteiger charge is -2.11. The number of hydrogen-bond donors (Lipinski definition) is 1. The normalized spacial score (nSPS) is 12.2. The second-order valence-electron chi connectivity index (χ2n) is 5.63. The van der Waals surface area contributed by atoms with Gasteiger partial charge in [0.15, 0.2) is 0 Å². The number of aromatic nitrogens is 3. The molecule has 0 aliphatic rings. The van der Waals surface area contributed by atoms with Crippen LogP contribution in [0.5, 0.6) is 0 Å². The highest BCUT2D eigenvalue weighted by Crippen LogP contribution is 2.23. The van der Waals surface area contributed by atoms with E-state index < -0.39 is 11.4 Å². The van der Waals surface area contributed by atoms with Crippen LogP contribution in [0.25, 0.3) is 11.0 Å². The fourth-order valence-corrected chi connectivity index (χ4v) is 2.81. The number of alkyl halides is 1. The smallest absolute Gasteiger partial charge is 0.343 e. The number of rotatable bonds is 6. The molecule has 3 rings (SSSR count). The number of esters is 1. The Labute approximate surface area is 149 Å². The first-order valence-electron chi connectivity index (χ1n) is 8.05. The average molecular weight is 360 g/mol. The van der Waals surface area contributed by atoms with Gasteiger partial charge in [-0.15, -0.1) is 11.6 Å². The monoisotopic (exact) mass is 359 g/mol. The number of hydrogen-bond acceptors (Lipinski definition) is 4. The first kappa shape index (κ1) is 17.2. The van der Waals surface area contributed by atoms with Gasteiger partial charge in [-0.05, 0) is 12.0 Å². The van der Waals surface area contributed by atoms with Gasteiger partial charge in [0.1, 0.15) is 11.2 Å². The third-order valence-electron chi connectivity index (χ3n) is 3.83. The first-order valence-corrected chi connectivity index (χ1v) is 8.48. The van der Waals surface area contributed by atoms with E-state index in [4.69, 9.17) is 16.3 Å². The molecule has 0 radical (unpaired) electrons. The molecule has 0 aliphatic carbocycles. The molecule has 1 aromatic carbocycles. The van der Waals surface area contributed by atoms with Crippen molar-refractivity contribution in [3.63, 3.8) is 0 Å². The van der Waals surface area contributed by atoms with Gasteiger partial charge in [-0.2, -0.15) is 5.10 Å². The Hall–Kier alpha value is -2.60. The number of carbonyl (C=O) groups excluding carboxylic acids is 1. The molecule has 0 aliphatic heterocycles. The maximum atomic E-state index is 12.5. The average Bonchev–Trinajstić information content (AvgIpc) is 3.04. The van der Waals surface area contributed by atoms with Crippen LogP contribution in [0.1, 0.15) is 34.6 Å². The standard InChI is InChI=1S/C18H18ClN3O3/c1-2-8-25-18(24)14-9-20-17-13(16(14)23)10-21-22(17)11-15(19)12-6-4-3-5-7-12/h3-7,9-10,15H,2,8,11H2,1H3,(H,20,23). The van der Waals surface area contributed by atoms with Crippen molar-refractivity contribution in [3.05, 3.63) is 64.1 Å². The van der Waals surface area contributed by atoms with E-state index in [1.165, 1.54) is 12.4 Å². The number of ether oxygens (including phenoxy) is 1. The Morgan fingerprint density at radius 1 is 1.36 bits per heavy atom. The number of nitrogens with zero attached hydrogens (tertiary/aromatic N) is 2. The molecule has 1 N–H and O–H groups in total. The van der Waals surface area contributed by atoms with Crippen molar-refractivity contribution in [2.75, 3.05) is 6.61 Å². The van der Waals surface area contributed by atoms with E-state index >= 15 is 0 Å². The molecule has 0 saturated carbocycles. The number of fused-ring (bicyclic) bond motifs is 1. The van der Waals surface area contributed by atoms with Crippen molar-refractivity contribution in [2.24, 2.45) is 0 Å². The van der Waals surface area contributed by atoms with Crippen LogP contribution in [0.4, 0.5) is 0 Å². The van der Waals surface area contributed by atoms with Gasteiger partial charge in [-0.3, -0.25) is 4.79 Å². The van der Waals surface area contributed by atoms with Crippen molar-refractivity contribution in [1.82, 2.24) is 14.8 Å². The molecule has 3 aromatic rings. The van der Waals surface area contributed by atoms with Gasteiger partial charge in [0.2, 0.25) is 5.43 Å². The number of pyridine rings is 1. The molecule has 1 unspecified atom stereocenters. The summed E-state index contributed by atoms with van der Waals surface area (Å²) in [4.78, 5) is 27.4. The van der Waals surface area contributed by atoms with E-state index in [0.717, 1.165) is 5.56 Å². The summed E-state index contributed by atoms with van der Waals surface area (Å²) in [6, 6.07) is 9.64. The maximum absolute atomic E-state index is 12.5. The number of halogens is 1. The van der Waals surface area contributed by atoms with Crippen LogP contribution in [-0.2, 0) is 11.3 Å². The molecule has 1 atom stereocenters. The van der Waals surface area contributed by atoms with E-state index in [1.54, 1.807) is 4.68 Å². The summed E-state index contributed by atoms with van der Waals surface area (Å²) in [6.45, 7) is 2.56. The fraction of sp³-hybridized carbons (Fsp3) is 0.278. The molecular weight excluding hydrogens is 342 g/mol. The lowest BCUT2D eigenvalue weighted by molar-refractivity contribution is 0.0503. The quantitative estimate of drug-likeness (QED) is 0.541. The highest BCUT2D eigenvalue weighted by Gasteiger charge is 2.18. The summed E-state index contributed by atoms with van der Waals surface area (Å²) >= 11 is 6.45. The Morgan fingerprint density at radius 3 is 2.84 bits per heavy atom. The Balaban J connectivity index is 1.88. The van der Waals surface area contributed by atoms with Crippen LogP contribution in [-0.4, -0.2) is 27.3 Å². The number of aromatic amines is 1. The Bertz CT molecular complexity index is 934. The third-order valence-corrected chi connectivity index (χ3v) is 4.22. The minimum Gasteiger partial charge on any atom is -0.462 e. The maximum Gasteiger partial charge on any atom is 0.343 e. The van der Waals surface area contributed by atoms with Crippen LogP contribution >= 0.6 is 11.6 Å². The number of carbonyl (C=O) groups is 1. The SMILES string of the molecule is CCCOC(=O)c1c[nH]c2c(cnn2CC(Cl)c2ccccc2)c1=O. The molecular formula is C18H18ClN3O3. The minimum atomic E-state index is -0.628. The number of nitrogens with one attached hydrogen (secondary N) is 1. The van der Waals surface area contributed by atoms with Gasteiger partial charge >= 0.3 is 5.97 Å². The van der Waals surface area contributed by atoms with E-state index in [9.17, 15) is 9.59 Å². The Morgan fingerprint density at radius 2 is 2.12 bits per heavy atom. The van der Waals surface area contributed by atoms with Crippen molar-refractivity contribution in [2.45, 2.75) is 25.3 Å². The van der Waals surface area contributed by atoms with Crippen LogP contribution in [0.3, 0.4) is 0 Å². The summed E-state index contributed by atoms with van der Waals surface area (Å²) in [5.41, 5.74) is 1.08. The molecule has 6 nitrogen and oxygen atoms in total. The van der Waals surface area contributed by atoms with Gasteiger partial charge in [-0.25, -0.2) is 9.48 Å². The first-order chi connectivity index (χ1) is 12.1. The van der Waals surface area contributed by atoms with Gasteiger partial charge in [0.25, 0.3) is 0 Å². The van der Waals surface area contributed by atoms with Crippen molar-refractivity contribution < 1.29 is 9.53 Å². The minimum absolute atomic E-state index is 0.0222.